The number of hydrogen-bond donors (Lipinski definition) is 1. The summed E-state index contributed by atoms with van der Waals surface area (Å²) in [5.74, 6) is 5.56. The van der Waals surface area contributed by atoms with E-state index in [1.54, 1.807) is 19.2 Å². The molecule has 0 saturated carbocycles. The summed E-state index contributed by atoms with van der Waals surface area (Å²) >= 11 is 5.86. The minimum absolute atomic E-state index is 0.209. The summed E-state index contributed by atoms with van der Waals surface area (Å²) in [7, 11) is 1.57. The molecule has 0 saturated heterocycles. The second-order valence-electron chi connectivity index (χ2n) is 3.52. The van der Waals surface area contributed by atoms with Gasteiger partial charge in [0.25, 0.3) is 5.56 Å². The third-order valence-corrected chi connectivity index (χ3v) is 2.43. The van der Waals surface area contributed by atoms with E-state index >= 15 is 0 Å². The maximum absolute atomic E-state index is 12.1. The zero-order chi connectivity index (χ0) is 12.4. The third kappa shape index (κ3) is 2.30. The number of nitrogens with two attached hydrogens (primary N) is 1. The minimum atomic E-state index is -0.314. The predicted octanol–water partition coefficient (Wildman–Crippen LogP) is 1.20. The molecule has 0 aliphatic rings. The van der Waals surface area contributed by atoms with Crippen LogP contribution in [-0.4, -0.2) is 16.8 Å². The zero-order valence-corrected chi connectivity index (χ0v) is 9.93. The Balaban J connectivity index is 2.67. The van der Waals surface area contributed by atoms with Gasteiger partial charge in [0.15, 0.2) is 5.15 Å². The highest BCUT2D eigenvalue weighted by molar-refractivity contribution is 6.29. The molecule has 0 spiro atoms. The van der Waals surface area contributed by atoms with Crippen molar-refractivity contribution in [1.82, 2.24) is 9.78 Å². The molecule has 0 bridgehead atoms. The Morgan fingerprint density at radius 3 is 2.59 bits per heavy atom. The average molecular weight is 251 g/mol. The van der Waals surface area contributed by atoms with Crippen molar-refractivity contribution in [2.75, 3.05) is 12.1 Å². The van der Waals surface area contributed by atoms with Gasteiger partial charge in [0, 0.05) is 13.1 Å². The lowest BCUT2D eigenvalue weighted by molar-refractivity contribution is 0.796. The molecule has 2 rings (SSSR count). The molecule has 0 aliphatic carbocycles. The van der Waals surface area contributed by atoms with Crippen LogP contribution in [0, 0.1) is 0 Å². The number of para-hydroxylation sites is 1. The normalized spacial score (nSPS) is 10.3. The van der Waals surface area contributed by atoms with Gasteiger partial charge >= 0.3 is 0 Å². The number of hydrazine groups is 1. The Kier molecular flexibility index (Phi) is 3.12. The highest BCUT2D eigenvalue weighted by Gasteiger charge is 2.10. The Hall–Kier alpha value is -1.85. The van der Waals surface area contributed by atoms with E-state index in [2.05, 4.69) is 5.10 Å². The summed E-state index contributed by atoms with van der Waals surface area (Å²) < 4.78 is 1.22. The first kappa shape index (κ1) is 11.6. The first-order valence-electron chi connectivity index (χ1n) is 4.93. The van der Waals surface area contributed by atoms with Crippen LogP contribution in [0.3, 0.4) is 0 Å². The Bertz CT molecular complexity index is 580. The minimum Gasteiger partial charge on any atom is -0.309 e. The first-order chi connectivity index (χ1) is 8.09. The summed E-state index contributed by atoms with van der Waals surface area (Å²) in [6.07, 6.45) is 0. The van der Waals surface area contributed by atoms with Crippen LogP contribution in [0.25, 0.3) is 5.69 Å². The Labute approximate surface area is 103 Å². The van der Waals surface area contributed by atoms with Gasteiger partial charge in [-0.2, -0.15) is 9.78 Å². The van der Waals surface area contributed by atoms with Gasteiger partial charge in [0.2, 0.25) is 0 Å². The molecule has 1 heterocycles. The van der Waals surface area contributed by atoms with Gasteiger partial charge in [0.05, 0.1) is 5.69 Å². The number of benzene rings is 1. The van der Waals surface area contributed by atoms with Crippen LogP contribution < -0.4 is 16.4 Å². The van der Waals surface area contributed by atoms with Gasteiger partial charge < -0.3 is 5.01 Å². The van der Waals surface area contributed by atoms with Crippen LogP contribution in [0.15, 0.2) is 41.2 Å². The largest absolute Gasteiger partial charge is 0.309 e. The molecule has 1 aromatic heterocycles. The lowest BCUT2D eigenvalue weighted by atomic mass is 10.3. The van der Waals surface area contributed by atoms with Crippen LogP contribution in [0.5, 0.6) is 0 Å². The molecule has 2 N–H and O–H groups in total. The van der Waals surface area contributed by atoms with Crippen molar-refractivity contribution < 1.29 is 0 Å². The molecular formula is C11H11ClN4O. The van der Waals surface area contributed by atoms with Crippen molar-refractivity contribution in [3.05, 3.63) is 51.9 Å². The van der Waals surface area contributed by atoms with E-state index in [0.717, 1.165) is 0 Å². The monoisotopic (exact) mass is 250 g/mol. The second-order valence-corrected chi connectivity index (χ2v) is 3.90. The van der Waals surface area contributed by atoms with Crippen molar-refractivity contribution in [3.63, 3.8) is 0 Å². The Morgan fingerprint density at radius 1 is 1.35 bits per heavy atom. The molecule has 0 atom stereocenters. The molecule has 0 aliphatic heterocycles. The molecule has 88 valence electrons. The van der Waals surface area contributed by atoms with Gasteiger partial charge in [-0.15, -0.1) is 0 Å². The van der Waals surface area contributed by atoms with Crippen molar-refractivity contribution in [1.29, 1.82) is 0 Å². The standard InChI is InChI=1S/C11H11ClN4O/c1-15(13)9-7-10(12)14-16(11(9)17)8-5-3-2-4-6-8/h2-7H,13H2,1H3. The lowest BCUT2D eigenvalue weighted by Gasteiger charge is -2.13. The average Bonchev–Trinajstić information content (AvgIpc) is 2.32. The van der Waals surface area contributed by atoms with Crippen LogP contribution in [-0.2, 0) is 0 Å². The number of rotatable bonds is 2. The molecule has 0 fully saturated rings. The number of halogens is 1. The van der Waals surface area contributed by atoms with E-state index in [9.17, 15) is 4.79 Å². The summed E-state index contributed by atoms with van der Waals surface area (Å²) in [5, 5.41) is 5.40. The smallest absolute Gasteiger partial charge is 0.296 e. The highest BCUT2D eigenvalue weighted by atomic mass is 35.5. The van der Waals surface area contributed by atoms with E-state index in [0.29, 0.717) is 5.69 Å². The summed E-state index contributed by atoms with van der Waals surface area (Å²) in [5.41, 5.74) is 0.613. The first-order valence-corrected chi connectivity index (χ1v) is 5.31. The van der Waals surface area contributed by atoms with E-state index in [1.807, 2.05) is 18.2 Å². The van der Waals surface area contributed by atoms with E-state index in [-0.39, 0.29) is 16.4 Å². The van der Waals surface area contributed by atoms with Gasteiger partial charge in [-0.1, -0.05) is 29.8 Å². The summed E-state index contributed by atoms with van der Waals surface area (Å²) in [6.45, 7) is 0. The van der Waals surface area contributed by atoms with Crippen LogP contribution in [0.1, 0.15) is 0 Å². The van der Waals surface area contributed by atoms with Crippen LogP contribution in [0.4, 0.5) is 5.69 Å². The van der Waals surface area contributed by atoms with Gasteiger partial charge in [0.1, 0.15) is 5.69 Å². The van der Waals surface area contributed by atoms with Crippen molar-refractivity contribution in [2.24, 2.45) is 5.84 Å². The van der Waals surface area contributed by atoms with Gasteiger partial charge in [-0.25, -0.2) is 5.84 Å². The summed E-state index contributed by atoms with van der Waals surface area (Å²) in [6, 6.07) is 10.5. The van der Waals surface area contributed by atoms with Gasteiger partial charge in [-0.3, -0.25) is 4.79 Å². The second kappa shape index (κ2) is 4.57. The molecule has 17 heavy (non-hydrogen) atoms. The number of hydrogen-bond acceptors (Lipinski definition) is 4. The topological polar surface area (TPSA) is 64.2 Å². The maximum atomic E-state index is 12.1. The van der Waals surface area contributed by atoms with Crippen molar-refractivity contribution in [2.45, 2.75) is 0 Å². The molecule has 2 aromatic rings. The van der Waals surface area contributed by atoms with E-state index in [4.69, 9.17) is 17.4 Å². The summed E-state index contributed by atoms with van der Waals surface area (Å²) in [4.78, 5) is 12.1. The number of anilines is 1. The molecule has 0 radical (unpaired) electrons. The van der Waals surface area contributed by atoms with Crippen molar-refractivity contribution >= 4 is 17.3 Å². The van der Waals surface area contributed by atoms with Crippen LogP contribution in [0.2, 0.25) is 5.15 Å². The SMILES string of the molecule is CN(N)c1cc(Cl)nn(-c2ccccc2)c1=O. The lowest BCUT2D eigenvalue weighted by Crippen LogP contribution is -2.34. The predicted molar refractivity (Wildman–Crippen MR) is 67.4 cm³/mol. The Morgan fingerprint density at radius 2 is 2.00 bits per heavy atom. The van der Waals surface area contributed by atoms with E-state index in [1.165, 1.54) is 15.8 Å². The van der Waals surface area contributed by atoms with Gasteiger partial charge in [-0.05, 0) is 12.1 Å². The third-order valence-electron chi connectivity index (χ3n) is 2.24. The fraction of sp³-hybridized carbons (Fsp3) is 0.0909. The molecular weight excluding hydrogens is 240 g/mol. The molecule has 0 unspecified atom stereocenters. The fourth-order valence-electron chi connectivity index (χ4n) is 1.45. The van der Waals surface area contributed by atoms with Crippen molar-refractivity contribution in [3.8, 4) is 5.69 Å². The molecule has 5 nitrogen and oxygen atoms in total. The fourth-order valence-corrected chi connectivity index (χ4v) is 1.63. The molecule has 1 aromatic carbocycles. The maximum Gasteiger partial charge on any atom is 0.296 e. The van der Waals surface area contributed by atoms with Crippen LogP contribution >= 0.6 is 11.6 Å². The number of nitrogens with zero attached hydrogens (tertiary/aromatic N) is 3. The molecule has 0 amide bonds. The highest BCUT2D eigenvalue weighted by Crippen LogP contribution is 2.12. The quantitative estimate of drug-likeness (QED) is 0.643. The number of aromatic nitrogens is 2. The zero-order valence-electron chi connectivity index (χ0n) is 9.17. The van der Waals surface area contributed by atoms with E-state index < -0.39 is 0 Å². The molecule has 6 heteroatoms.